The Kier molecular flexibility index (Phi) is 3.74. The van der Waals surface area contributed by atoms with Gasteiger partial charge < -0.3 is 4.74 Å². The first-order chi connectivity index (χ1) is 8.51. The molecule has 1 saturated carbocycles. The first-order valence-corrected chi connectivity index (χ1v) is 7.26. The summed E-state index contributed by atoms with van der Waals surface area (Å²) in [7, 11) is 1.78. The van der Waals surface area contributed by atoms with Gasteiger partial charge in [0.25, 0.3) is 0 Å². The largest absolute Gasteiger partial charge is 0.371 e. The minimum absolute atomic E-state index is 0.214. The number of hydrogen-bond acceptors (Lipinski definition) is 4. The van der Waals surface area contributed by atoms with Crippen LogP contribution in [0.3, 0.4) is 0 Å². The van der Waals surface area contributed by atoms with E-state index in [2.05, 4.69) is 24.9 Å². The quantitative estimate of drug-likeness (QED) is 0.837. The molecular formula is C14H20N2OS. The number of aromatic nitrogens is 1. The smallest absolute Gasteiger partial charge is 0.125 e. The normalized spacial score (nSPS) is 21.4. The Hall–Kier alpha value is -0.920. The molecule has 1 fully saturated rings. The predicted octanol–water partition coefficient (Wildman–Crippen LogP) is 3.65. The lowest BCUT2D eigenvalue weighted by Crippen LogP contribution is -2.36. The molecule has 1 aliphatic rings. The molecule has 0 aliphatic heterocycles. The molecule has 18 heavy (non-hydrogen) atoms. The lowest BCUT2D eigenvalue weighted by atomic mass is 9.71. The molecule has 4 heteroatoms. The van der Waals surface area contributed by atoms with Crippen molar-refractivity contribution < 1.29 is 4.74 Å². The highest BCUT2D eigenvalue weighted by molar-refractivity contribution is 7.09. The maximum Gasteiger partial charge on any atom is 0.125 e. The topological polar surface area (TPSA) is 45.9 Å². The molecule has 1 aliphatic carbocycles. The van der Waals surface area contributed by atoms with Crippen molar-refractivity contribution in [3.05, 3.63) is 16.1 Å². The highest BCUT2D eigenvalue weighted by Crippen LogP contribution is 2.47. The van der Waals surface area contributed by atoms with Crippen LogP contribution in [0.4, 0.5) is 0 Å². The van der Waals surface area contributed by atoms with Gasteiger partial charge >= 0.3 is 0 Å². The van der Waals surface area contributed by atoms with E-state index in [1.54, 1.807) is 18.4 Å². The molecule has 0 saturated heterocycles. The lowest BCUT2D eigenvalue weighted by Gasteiger charge is -2.41. The van der Waals surface area contributed by atoms with Crippen molar-refractivity contribution >= 4 is 11.3 Å². The molecule has 98 valence electrons. The van der Waals surface area contributed by atoms with Crippen LogP contribution in [0.2, 0.25) is 0 Å². The molecule has 0 spiro atoms. The van der Waals surface area contributed by atoms with Crippen molar-refractivity contribution in [3.63, 3.8) is 0 Å². The lowest BCUT2D eigenvalue weighted by molar-refractivity contribution is -0.0668. The Bertz CT molecular complexity index is 449. The summed E-state index contributed by atoms with van der Waals surface area (Å²) in [4.78, 5) is 4.59. The zero-order valence-corrected chi connectivity index (χ0v) is 12.1. The number of methoxy groups -OCH3 is 1. The number of thiazole rings is 1. The van der Waals surface area contributed by atoms with Gasteiger partial charge in [0.05, 0.1) is 18.2 Å². The van der Waals surface area contributed by atoms with Crippen molar-refractivity contribution in [1.82, 2.24) is 4.98 Å². The Morgan fingerprint density at radius 1 is 1.39 bits per heavy atom. The van der Waals surface area contributed by atoms with E-state index in [1.807, 2.05) is 5.38 Å². The fraction of sp³-hybridized carbons (Fsp3) is 0.714. The molecule has 0 unspecified atom stereocenters. The van der Waals surface area contributed by atoms with Gasteiger partial charge in [0, 0.05) is 12.5 Å². The number of nitrogens with zero attached hydrogens (tertiary/aromatic N) is 2. The number of nitriles is 1. The minimum atomic E-state index is -0.214. The van der Waals surface area contributed by atoms with E-state index in [-0.39, 0.29) is 5.60 Å². The third kappa shape index (κ3) is 2.57. The molecule has 0 bridgehead atoms. The highest BCUT2D eigenvalue weighted by atomic mass is 32.1. The fourth-order valence-electron chi connectivity index (χ4n) is 2.51. The summed E-state index contributed by atoms with van der Waals surface area (Å²) in [5.41, 5.74) is 1.07. The van der Waals surface area contributed by atoms with Crippen molar-refractivity contribution in [2.24, 2.45) is 5.41 Å². The summed E-state index contributed by atoms with van der Waals surface area (Å²) in [6.45, 7) is 4.63. The van der Waals surface area contributed by atoms with Gasteiger partial charge in [-0.3, -0.25) is 0 Å². The van der Waals surface area contributed by atoms with Crippen LogP contribution in [0, 0.1) is 16.7 Å². The zero-order valence-electron chi connectivity index (χ0n) is 11.3. The second-order valence-electron chi connectivity index (χ2n) is 5.84. The number of hydrogen-bond donors (Lipinski definition) is 0. The van der Waals surface area contributed by atoms with E-state index in [4.69, 9.17) is 10.00 Å². The van der Waals surface area contributed by atoms with Gasteiger partial charge in [0.1, 0.15) is 10.6 Å². The first-order valence-electron chi connectivity index (χ1n) is 6.38. The van der Waals surface area contributed by atoms with Gasteiger partial charge in [-0.25, -0.2) is 4.98 Å². The van der Waals surface area contributed by atoms with Crippen LogP contribution in [-0.2, 0) is 16.8 Å². The maximum atomic E-state index is 8.71. The Morgan fingerprint density at radius 3 is 2.61 bits per heavy atom. The summed E-state index contributed by atoms with van der Waals surface area (Å²) in [5.74, 6) is 0. The van der Waals surface area contributed by atoms with E-state index in [1.165, 1.54) is 0 Å². The van der Waals surface area contributed by atoms with E-state index in [9.17, 15) is 0 Å². The van der Waals surface area contributed by atoms with Gasteiger partial charge in [0.2, 0.25) is 0 Å². The SMILES string of the molecule is COC1(c2nc(CC#N)cs2)CCC(C)(C)CC1. The van der Waals surface area contributed by atoms with Crippen molar-refractivity contribution in [1.29, 1.82) is 5.26 Å². The standard InChI is InChI=1S/C14H20N2OS/c1-13(2)5-7-14(17-3,8-6-13)12-16-11(4-9-15)10-18-12/h10H,4-8H2,1-3H3. The van der Waals surface area contributed by atoms with E-state index in [0.717, 1.165) is 36.4 Å². The molecule has 0 atom stereocenters. The molecule has 1 aromatic heterocycles. The molecular weight excluding hydrogens is 244 g/mol. The fourth-order valence-corrected chi connectivity index (χ4v) is 3.57. The first kappa shape index (κ1) is 13.5. The van der Waals surface area contributed by atoms with Crippen molar-refractivity contribution in [2.45, 2.75) is 51.6 Å². The van der Waals surface area contributed by atoms with Gasteiger partial charge in [-0.2, -0.15) is 5.26 Å². The highest BCUT2D eigenvalue weighted by Gasteiger charge is 2.41. The third-order valence-electron chi connectivity index (χ3n) is 4.00. The molecule has 0 radical (unpaired) electrons. The second kappa shape index (κ2) is 4.99. The molecule has 2 rings (SSSR count). The molecule has 0 aromatic carbocycles. The van der Waals surface area contributed by atoms with Crippen LogP contribution in [0.25, 0.3) is 0 Å². The Labute approximate surface area is 113 Å². The van der Waals surface area contributed by atoms with Crippen LogP contribution in [0.1, 0.15) is 50.2 Å². The molecule has 0 N–H and O–H groups in total. The maximum absolute atomic E-state index is 8.71. The summed E-state index contributed by atoms with van der Waals surface area (Å²) < 4.78 is 5.81. The van der Waals surface area contributed by atoms with Gasteiger partial charge in [-0.05, 0) is 31.1 Å². The molecule has 0 amide bonds. The summed E-state index contributed by atoms with van der Waals surface area (Å²) >= 11 is 1.63. The summed E-state index contributed by atoms with van der Waals surface area (Å²) in [6, 6.07) is 2.15. The Morgan fingerprint density at radius 2 is 2.06 bits per heavy atom. The Balaban J connectivity index is 2.20. The monoisotopic (exact) mass is 264 g/mol. The number of rotatable bonds is 3. The second-order valence-corrected chi connectivity index (χ2v) is 6.70. The van der Waals surface area contributed by atoms with E-state index in [0.29, 0.717) is 11.8 Å². The van der Waals surface area contributed by atoms with E-state index >= 15 is 0 Å². The summed E-state index contributed by atoms with van der Waals surface area (Å²) in [6.07, 6.45) is 4.76. The van der Waals surface area contributed by atoms with Crippen LogP contribution in [0.15, 0.2) is 5.38 Å². The predicted molar refractivity (Wildman–Crippen MR) is 72.4 cm³/mol. The molecule has 1 aromatic rings. The number of ether oxygens (including phenoxy) is 1. The van der Waals surface area contributed by atoms with Gasteiger partial charge in [-0.1, -0.05) is 13.8 Å². The van der Waals surface area contributed by atoms with Crippen molar-refractivity contribution in [3.8, 4) is 6.07 Å². The minimum Gasteiger partial charge on any atom is -0.371 e. The molecule has 3 nitrogen and oxygen atoms in total. The van der Waals surface area contributed by atoms with Crippen LogP contribution < -0.4 is 0 Å². The third-order valence-corrected chi connectivity index (χ3v) is 5.08. The van der Waals surface area contributed by atoms with Crippen LogP contribution in [-0.4, -0.2) is 12.1 Å². The summed E-state index contributed by atoms with van der Waals surface area (Å²) in [5, 5.41) is 11.7. The van der Waals surface area contributed by atoms with Crippen LogP contribution >= 0.6 is 11.3 Å². The van der Waals surface area contributed by atoms with Gasteiger partial charge in [-0.15, -0.1) is 11.3 Å². The van der Waals surface area contributed by atoms with Gasteiger partial charge in [0.15, 0.2) is 0 Å². The average molecular weight is 264 g/mol. The van der Waals surface area contributed by atoms with Crippen molar-refractivity contribution in [2.75, 3.05) is 7.11 Å². The van der Waals surface area contributed by atoms with E-state index < -0.39 is 0 Å². The zero-order chi connectivity index (χ0) is 13.2. The molecule has 1 heterocycles. The average Bonchev–Trinajstić information content (AvgIpc) is 2.80. The van der Waals surface area contributed by atoms with Crippen LogP contribution in [0.5, 0.6) is 0 Å².